The lowest BCUT2D eigenvalue weighted by Gasteiger charge is -2.28. The van der Waals surface area contributed by atoms with Crippen LogP contribution in [-0.4, -0.2) is 48.4 Å². The van der Waals surface area contributed by atoms with Gasteiger partial charge in [-0.2, -0.15) is 0 Å². The van der Waals surface area contributed by atoms with E-state index in [2.05, 4.69) is 10.6 Å². The Kier molecular flexibility index (Phi) is 5.34. The molecule has 2 bridgehead atoms. The standard InChI is InChI=1S/C17H29N3O2/c21-16(8-5-13-3-1-2-4-13)19-12-17(22)20-14-6-7-15(20)11-18-10-9-14/h13-15,18H,1-12H2,(H,19,21). The van der Waals surface area contributed by atoms with E-state index in [0.29, 0.717) is 18.5 Å². The summed E-state index contributed by atoms with van der Waals surface area (Å²) in [7, 11) is 0. The molecule has 2 amide bonds. The topological polar surface area (TPSA) is 61.4 Å². The molecule has 2 saturated heterocycles. The van der Waals surface area contributed by atoms with Crippen LogP contribution in [0.5, 0.6) is 0 Å². The summed E-state index contributed by atoms with van der Waals surface area (Å²) in [6.07, 6.45) is 10.00. The molecule has 0 aromatic rings. The largest absolute Gasteiger partial charge is 0.347 e. The summed E-state index contributed by atoms with van der Waals surface area (Å²) < 4.78 is 0. The minimum absolute atomic E-state index is 0.0422. The van der Waals surface area contributed by atoms with Crippen LogP contribution in [0.4, 0.5) is 0 Å². The summed E-state index contributed by atoms with van der Waals surface area (Å²) in [4.78, 5) is 26.4. The Morgan fingerprint density at radius 3 is 2.64 bits per heavy atom. The third-order valence-corrected chi connectivity index (χ3v) is 5.63. The number of hydrogen-bond acceptors (Lipinski definition) is 3. The Morgan fingerprint density at radius 2 is 1.82 bits per heavy atom. The van der Waals surface area contributed by atoms with Gasteiger partial charge in [-0.1, -0.05) is 25.7 Å². The molecule has 1 aliphatic carbocycles. The molecule has 0 radical (unpaired) electrons. The smallest absolute Gasteiger partial charge is 0.242 e. The van der Waals surface area contributed by atoms with Crippen molar-refractivity contribution in [3.63, 3.8) is 0 Å². The maximum atomic E-state index is 12.5. The van der Waals surface area contributed by atoms with Gasteiger partial charge in [0.05, 0.1) is 6.54 Å². The molecule has 2 atom stereocenters. The van der Waals surface area contributed by atoms with E-state index < -0.39 is 0 Å². The molecule has 0 aromatic heterocycles. The molecule has 5 heteroatoms. The summed E-state index contributed by atoms with van der Waals surface area (Å²) in [6, 6.07) is 0.707. The molecule has 0 aromatic carbocycles. The quantitative estimate of drug-likeness (QED) is 0.807. The van der Waals surface area contributed by atoms with E-state index in [0.717, 1.165) is 44.7 Å². The number of nitrogens with zero attached hydrogens (tertiary/aromatic N) is 1. The van der Waals surface area contributed by atoms with Gasteiger partial charge in [0, 0.05) is 25.0 Å². The zero-order chi connectivity index (χ0) is 15.4. The van der Waals surface area contributed by atoms with Crippen LogP contribution in [0.15, 0.2) is 0 Å². The number of fused-ring (bicyclic) bond motifs is 2. The Hall–Kier alpha value is -1.10. The Bertz CT molecular complexity index is 393. The molecule has 3 fully saturated rings. The van der Waals surface area contributed by atoms with Crippen LogP contribution in [0.3, 0.4) is 0 Å². The Balaban J connectivity index is 1.40. The van der Waals surface area contributed by atoms with Gasteiger partial charge in [0.15, 0.2) is 0 Å². The van der Waals surface area contributed by atoms with E-state index in [1.165, 1.54) is 25.7 Å². The third-order valence-electron chi connectivity index (χ3n) is 5.63. The maximum Gasteiger partial charge on any atom is 0.242 e. The Labute approximate surface area is 133 Å². The van der Waals surface area contributed by atoms with Crippen LogP contribution < -0.4 is 10.6 Å². The predicted octanol–water partition coefficient (Wildman–Crippen LogP) is 1.43. The fourth-order valence-corrected chi connectivity index (χ4v) is 4.38. The molecule has 124 valence electrons. The SMILES string of the molecule is O=C(CCC1CCCC1)NCC(=O)N1C2CCNCC1CC2. The van der Waals surface area contributed by atoms with Crippen molar-refractivity contribution in [2.75, 3.05) is 19.6 Å². The van der Waals surface area contributed by atoms with Gasteiger partial charge in [-0.15, -0.1) is 0 Å². The third kappa shape index (κ3) is 3.80. The summed E-state index contributed by atoms with van der Waals surface area (Å²) in [5, 5.41) is 6.24. The van der Waals surface area contributed by atoms with Crippen molar-refractivity contribution < 1.29 is 9.59 Å². The normalized spacial score (nSPS) is 28.6. The second-order valence-corrected chi connectivity index (χ2v) is 7.14. The molecule has 2 unspecified atom stereocenters. The van der Waals surface area contributed by atoms with Crippen molar-refractivity contribution in [2.24, 2.45) is 5.92 Å². The minimum Gasteiger partial charge on any atom is -0.347 e. The van der Waals surface area contributed by atoms with Gasteiger partial charge in [0.25, 0.3) is 0 Å². The molecule has 22 heavy (non-hydrogen) atoms. The van der Waals surface area contributed by atoms with Crippen molar-refractivity contribution in [3.8, 4) is 0 Å². The fourth-order valence-electron chi connectivity index (χ4n) is 4.38. The highest BCUT2D eigenvalue weighted by molar-refractivity contribution is 5.85. The maximum absolute atomic E-state index is 12.5. The number of rotatable bonds is 5. The zero-order valence-electron chi connectivity index (χ0n) is 13.5. The van der Waals surface area contributed by atoms with Crippen LogP contribution in [0.1, 0.15) is 57.8 Å². The number of hydrogen-bond donors (Lipinski definition) is 2. The van der Waals surface area contributed by atoms with E-state index in [1.807, 2.05) is 4.90 Å². The fraction of sp³-hybridized carbons (Fsp3) is 0.882. The highest BCUT2D eigenvalue weighted by Gasteiger charge is 2.37. The molecular weight excluding hydrogens is 278 g/mol. The number of nitrogens with one attached hydrogen (secondary N) is 2. The minimum atomic E-state index is 0.0422. The van der Waals surface area contributed by atoms with Gasteiger partial charge in [0.1, 0.15) is 0 Å². The predicted molar refractivity (Wildman–Crippen MR) is 85.3 cm³/mol. The van der Waals surface area contributed by atoms with Crippen molar-refractivity contribution >= 4 is 11.8 Å². The average molecular weight is 307 g/mol. The van der Waals surface area contributed by atoms with Crippen LogP contribution in [-0.2, 0) is 9.59 Å². The first kappa shape index (κ1) is 15.8. The van der Waals surface area contributed by atoms with Gasteiger partial charge in [-0.05, 0) is 38.1 Å². The van der Waals surface area contributed by atoms with E-state index >= 15 is 0 Å². The van der Waals surface area contributed by atoms with E-state index in [1.54, 1.807) is 0 Å². The molecule has 2 heterocycles. The molecule has 3 rings (SSSR count). The van der Waals surface area contributed by atoms with Gasteiger partial charge < -0.3 is 15.5 Å². The Morgan fingerprint density at radius 1 is 1.05 bits per heavy atom. The lowest BCUT2D eigenvalue weighted by atomic mass is 10.0. The number of carbonyl (C=O) groups excluding carboxylic acids is 2. The van der Waals surface area contributed by atoms with Gasteiger partial charge in [0.2, 0.25) is 11.8 Å². The van der Waals surface area contributed by atoms with E-state index in [-0.39, 0.29) is 18.4 Å². The summed E-state index contributed by atoms with van der Waals surface area (Å²) >= 11 is 0. The monoisotopic (exact) mass is 307 g/mol. The van der Waals surface area contributed by atoms with Crippen LogP contribution in [0.2, 0.25) is 0 Å². The van der Waals surface area contributed by atoms with Gasteiger partial charge in [-0.25, -0.2) is 0 Å². The number of amides is 2. The van der Waals surface area contributed by atoms with Crippen molar-refractivity contribution in [1.29, 1.82) is 0 Å². The van der Waals surface area contributed by atoms with Crippen molar-refractivity contribution in [1.82, 2.24) is 15.5 Å². The lowest BCUT2D eigenvalue weighted by Crippen LogP contribution is -2.47. The summed E-state index contributed by atoms with van der Waals surface area (Å²) in [5.74, 6) is 0.875. The molecule has 3 aliphatic rings. The zero-order valence-corrected chi connectivity index (χ0v) is 13.5. The van der Waals surface area contributed by atoms with Gasteiger partial charge in [-0.3, -0.25) is 9.59 Å². The van der Waals surface area contributed by atoms with Crippen LogP contribution in [0.25, 0.3) is 0 Å². The average Bonchev–Trinajstić information content (AvgIpc) is 3.09. The lowest BCUT2D eigenvalue weighted by molar-refractivity contribution is -0.135. The van der Waals surface area contributed by atoms with Crippen molar-refractivity contribution in [3.05, 3.63) is 0 Å². The summed E-state index contributed by atoms with van der Waals surface area (Å²) in [5.41, 5.74) is 0. The van der Waals surface area contributed by atoms with E-state index in [9.17, 15) is 9.59 Å². The molecular formula is C17H29N3O2. The van der Waals surface area contributed by atoms with E-state index in [4.69, 9.17) is 0 Å². The summed E-state index contributed by atoms with van der Waals surface area (Å²) in [6.45, 7) is 2.08. The molecule has 5 nitrogen and oxygen atoms in total. The number of carbonyl (C=O) groups is 2. The first-order valence-corrected chi connectivity index (χ1v) is 9.02. The second-order valence-electron chi connectivity index (χ2n) is 7.14. The van der Waals surface area contributed by atoms with Crippen LogP contribution >= 0.6 is 0 Å². The van der Waals surface area contributed by atoms with Crippen LogP contribution in [0, 0.1) is 5.92 Å². The molecule has 2 N–H and O–H groups in total. The first-order valence-electron chi connectivity index (χ1n) is 9.02. The molecule has 2 aliphatic heterocycles. The highest BCUT2D eigenvalue weighted by Crippen LogP contribution is 2.29. The molecule has 0 spiro atoms. The van der Waals surface area contributed by atoms with Gasteiger partial charge >= 0.3 is 0 Å². The molecule has 1 saturated carbocycles. The van der Waals surface area contributed by atoms with Crippen molar-refractivity contribution in [2.45, 2.75) is 69.9 Å². The second kappa shape index (κ2) is 7.44. The highest BCUT2D eigenvalue weighted by atomic mass is 16.2. The first-order chi connectivity index (χ1) is 10.7.